The fourth-order valence-corrected chi connectivity index (χ4v) is 2.76. The summed E-state index contributed by atoms with van der Waals surface area (Å²) in [6.07, 6.45) is 1.54. The highest BCUT2D eigenvalue weighted by molar-refractivity contribution is 5.85. The Kier molecular flexibility index (Phi) is 7.25. The van der Waals surface area contributed by atoms with E-state index in [2.05, 4.69) is 15.6 Å². The van der Waals surface area contributed by atoms with Crippen LogP contribution in [0, 0.1) is 11.7 Å². The topological polar surface area (TPSA) is 59.0 Å². The normalized spacial score (nSPS) is 16.7. The number of amides is 1. The number of hydrogen-bond acceptors (Lipinski definition) is 3. The van der Waals surface area contributed by atoms with Crippen molar-refractivity contribution in [2.24, 2.45) is 13.0 Å². The first kappa shape index (κ1) is 19.7. The average Bonchev–Trinajstić information content (AvgIpc) is 3.09. The van der Waals surface area contributed by atoms with Gasteiger partial charge in [-0.15, -0.1) is 24.8 Å². The van der Waals surface area contributed by atoms with E-state index in [-0.39, 0.29) is 42.5 Å². The van der Waals surface area contributed by atoms with Gasteiger partial charge in [-0.3, -0.25) is 4.79 Å². The van der Waals surface area contributed by atoms with Crippen molar-refractivity contribution in [2.75, 3.05) is 19.6 Å². The summed E-state index contributed by atoms with van der Waals surface area (Å²) in [4.78, 5) is 16.4. The lowest BCUT2D eigenvalue weighted by Crippen LogP contribution is -2.33. The molecule has 5 nitrogen and oxygen atoms in total. The Bertz CT molecular complexity index is 671. The third-order valence-corrected chi connectivity index (χ3v) is 4.01. The Morgan fingerprint density at radius 2 is 2.26 bits per heavy atom. The van der Waals surface area contributed by atoms with Gasteiger partial charge in [0.15, 0.2) is 0 Å². The first-order valence-electron chi connectivity index (χ1n) is 7.24. The van der Waals surface area contributed by atoms with E-state index in [0.717, 1.165) is 36.4 Å². The second kappa shape index (κ2) is 8.47. The maximum Gasteiger partial charge on any atom is 0.224 e. The molecule has 3 rings (SSSR count). The Hall–Kier alpha value is -1.37. The summed E-state index contributed by atoms with van der Waals surface area (Å²) in [7, 11) is 1.87. The molecule has 0 spiro atoms. The van der Waals surface area contributed by atoms with Crippen LogP contribution in [0.3, 0.4) is 0 Å². The molecule has 8 heteroatoms. The van der Waals surface area contributed by atoms with E-state index in [1.54, 1.807) is 6.07 Å². The Morgan fingerprint density at radius 3 is 2.96 bits per heavy atom. The molecule has 23 heavy (non-hydrogen) atoms. The van der Waals surface area contributed by atoms with E-state index in [1.807, 2.05) is 11.6 Å². The fourth-order valence-electron chi connectivity index (χ4n) is 2.76. The molecular weight excluding hydrogens is 342 g/mol. The molecule has 1 aromatic heterocycles. The molecule has 1 fully saturated rings. The Labute approximate surface area is 146 Å². The third kappa shape index (κ3) is 4.34. The van der Waals surface area contributed by atoms with Gasteiger partial charge in [-0.2, -0.15) is 0 Å². The molecular formula is C15H21Cl2FN4O. The molecule has 2 aromatic rings. The van der Waals surface area contributed by atoms with Crippen LogP contribution in [0.1, 0.15) is 12.2 Å². The largest absolute Gasteiger partial charge is 0.355 e. The molecule has 1 atom stereocenters. The van der Waals surface area contributed by atoms with Crippen LogP contribution < -0.4 is 10.6 Å². The highest BCUT2D eigenvalue weighted by Gasteiger charge is 2.21. The van der Waals surface area contributed by atoms with Gasteiger partial charge in [-0.05, 0) is 31.2 Å². The number of benzene rings is 1. The molecule has 1 aromatic carbocycles. The maximum atomic E-state index is 13.3. The summed E-state index contributed by atoms with van der Waals surface area (Å²) in [5.74, 6) is 0.767. The monoisotopic (exact) mass is 362 g/mol. The minimum atomic E-state index is -0.265. The summed E-state index contributed by atoms with van der Waals surface area (Å²) in [6, 6.07) is 4.57. The Morgan fingerprint density at radius 1 is 1.48 bits per heavy atom. The zero-order valence-corrected chi connectivity index (χ0v) is 14.5. The second-order valence-electron chi connectivity index (χ2n) is 5.45. The molecule has 128 valence electrons. The maximum absolute atomic E-state index is 13.3. The molecule has 1 aliphatic rings. The molecule has 0 bridgehead atoms. The summed E-state index contributed by atoms with van der Waals surface area (Å²) < 4.78 is 15.1. The van der Waals surface area contributed by atoms with E-state index in [0.29, 0.717) is 13.0 Å². The molecule has 2 heterocycles. The quantitative estimate of drug-likeness (QED) is 0.872. The van der Waals surface area contributed by atoms with Crippen molar-refractivity contribution in [3.05, 3.63) is 29.8 Å². The summed E-state index contributed by atoms with van der Waals surface area (Å²) in [6.45, 7) is 2.22. The van der Waals surface area contributed by atoms with Crippen molar-refractivity contribution < 1.29 is 9.18 Å². The highest BCUT2D eigenvalue weighted by atomic mass is 35.5. The van der Waals surface area contributed by atoms with Crippen molar-refractivity contribution in [3.8, 4) is 0 Å². The predicted octanol–water partition coefficient (Wildman–Crippen LogP) is 1.82. The van der Waals surface area contributed by atoms with Crippen LogP contribution in [-0.2, 0) is 18.3 Å². The van der Waals surface area contributed by atoms with Crippen LogP contribution in [0.2, 0.25) is 0 Å². The third-order valence-electron chi connectivity index (χ3n) is 4.01. The lowest BCUT2D eigenvalue weighted by molar-refractivity contribution is -0.124. The summed E-state index contributed by atoms with van der Waals surface area (Å²) >= 11 is 0. The summed E-state index contributed by atoms with van der Waals surface area (Å²) in [5, 5.41) is 6.13. The highest BCUT2D eigenvalue weighted by Crippen LogP contribution is 2.16. The smallest absolute Gasteiger partial charge is 0.224 e. The van der Waals surface area contributed by atoms with Gasteiger partial charge in [0, 0.05) is 26.6 Å². The summed E-state index contributed by atoms with van der Waals surface area (Å²) in [5.41, 5.74) is 1.55. The van der Waals surface area contributed by atoms with E-state index in [1.165, 1.54) is 12.1 Å². The molecule has 1 aliphatic heterocycles. The molecule has 1 unspecified atom stereocenters. The molecule has 1 amide bonds. The molecule has 0 aliphatic carbocycles. The minimum absolute atomic E-state index is 0. The predicted molar refractivity (Wildman–Crippen MR) is 92.9 cm³/mol. The van der Waals surface area contributed by atoms with Crippen LogP contribution in [-0.4, -0.2) is 35.1 Å². The number of nitrogens with one attached hydrogen (secondary N) is 2. The fraction of sp³-hybridized carbons (Fsp3) is 0.467. The number of hydrogen-bond donors (Lipinski definition) is 2. The van der Waals surface area contributed by atoms with Crippen molar-refractivity contribution in [3.63, 3.8) is 0 Å². The number of imidazole rings is 1. The van der Waals surface area contributed by atoms with Crippen LogP contribution in [0.5, 0.6) is 0 Å². The molecule has 0 radical (unpaired) electrons. The van der Waals surface area contributed by atoms with E-state index in [9.17, 15) is 9.18 Å². The molecule has 0 saturated carbocycles. The lowest BCUT2D eigenvalue weighted by atomic mass is 10.1. The van der Waals surface area contributed by atoms with Crippen LogP contribution in [0.25, 0.3) is 11.0 Å². The first-order chi connectivity index (χ1) is 10.1. The number of aromatic nitrogens is 2. The molecule has 1 saturated heterocycles. The number of rotatable bonds is 4. The van der Waals surface area contributed by atoms with Crippen molar-refractivity contribution in [2.45, 2.75) is 12.8 Å². The zero-order valence-electron chi connectivity index (χ0n) is 12.8. The standard InChI is InChI=1S/C15H19FN4O.2ClH/c1-20-13-8-11(16)2-3-12(13)19-14(20)5-7-18-15(21)10-4-6-17-9-10;;/h2-3,8,10,17H,4-7,9H2,1H3,(H,18,21);2*1H. The van der Waals surface area contributed by atoms with Gasteiger partial charge in [-0.1, -0.05) is 0 Å². The second-order valence-corrected chi connectivity index (χ2v) is 5.45. The van der Waals surface area contributed by atoms with Crippen molar-refractivity contribution in [1.29, 1.82) is 0 Å². The number of carbonyl (C=O) groups excluding carboxylic acids is 1. The first-order valence-corrected chi connectivity index (χ1v) is 7.24. The van der Waals surface area contributed by atoms with Crippen LogP contribution in [0.15, 0.2) is 18.2 Å². The van der Waals surface area contributed by atoms with Crippen LogP contribution >= 0.6 is 24.8 Å². The van der Waals surface area contributed by atoms with Gasteiger partial charge >= 0.3 is 0 Å². The van der Waals surface area contributed by atoms with Gasteiger partial charge in [0.05, 0.1) is 17.0 Å². The van der Waals surface area contributed by atoms with E-state index >= 15 is 0 Å². The number of carbonyl (C=O) groups is 1. The lowest BCUT2D eigenvalue weighted by Gasteiger charge is -2.09. The SMILES string of the molecule is Cl.Cl.Cn1c(CCNC(=O)C2CCNC2)nc2ccc(F)cc21. The van der Waals surface area contributed by atoms with Crippen molar-refractivity contribution >= 4 is 41.8 Å². The van der Waals surface area contributed by atoms with Gasteiger partial charge in [0.1, 0.15) is 11.6 Å². The molecule has 2 N–H and O–H groups in total. The van der Waals surface area contributed by atoms with E-state index < -0.39 is 0 Å². The number of fused-ring (bicyclic) bond motifs is 1. The van der Waals surface area contributed by atoms with Gasteiger partial charge < -0.3 is 15.2 Å². The van der Waals surface area contributed by atoms with E-state index in [4.69, 9.17) is 0 Å². The van der Waals surface area contributed by atoms with Gasteiger partial charge in [-0.25, -0.2) is 9.37 Å². The van der Waals surface area contributed by atoms with Crippen molar-refractivity contribution in [1.82, 2.24) is 20.2 Å². The zero-order chi connectivity index (χ0) is 14.8. The number of aryl methyl sites for hydroxylation is 1. The average molecular weight is 363 g/mol. The minimum Gasteiger partial charge on any atom is -0.355 e. The van der Waals surface area contributed by atoms with Gasteiger partial charge in [0.2, 0.25) is 5.91 Å². The number of nitrogens with zero attached hydrogens (tertiary/aromatic N) is 2. The number of halogens is 3. The Balaban J connectivity index is 0.00000132. The van der Waals surface area contributed by atoms with Crippen LogP contribution in [0.4, 0.5) is 4.39 Å². The van der Waals surface area contributed by atoms with Gasteiger partial charge in [0.25, 0.3) is 0 Å².